The lowest BCUT2D eigenvalue weighted by Crippen LogP contribution is -2.08. The molecule has 0 aliphatic carbocycles. The average molecular weight is 255 g/mol. The minimum Gasteiger partial charge on any atom is -0.357 e. The second-order valence-corrected chi connectivity index (χ2v) is 3.50. The van der Waals surface area contributed by atoms with Gasteiger partial charge in [0.2, 0.25) is 5.95 Å². The van der Waals surface area contributed by atoms with E-state index >= 15 is 0 Å². The third-order valence-corrected chi connectivity index (χ3v) is 2.29. The van der Waals surface area contributed by atoms with Crippen molar-refractivity contribution in [2.45, 2.75) is 0 Å². The molecule has 0 saturated carbocycles. The molecule has 1 N–H and O–H groups in total. The van der Waals surface area contributed by atoms with Crippen LogP contribution in [0.5, 0.6) is 0 Å². The fraction of sp³-hybridized carbons (Fsp3) is 0.100. The summed E-state index contributed by atoms with van der Waals surface area (Å²) >= 11 is 0. The van der Waals surface area contributed by atoms with Gasteiger partial charge in [-0.1, -0.05) is 0 Å². The number of rotatable bonds is 3. The Labute approximate surface area is 107 Å². The summed E-state index contributed by atoms with van der Waals surface area (Å²) in [6, 6.07) is 0. The Morgan fingerprint density at radius 1 is 1.00 bits per heavy atom. The first-order valence-electron chi connectivity index (χ1n) is 5.41. The number of anilines is 1. The van der Waals surface area contributed by atoms with Gasteiger partial charge in [-0.3, -0.25) is 0 Å². The van der Waals surface area contributed by atoms with E-state index in [4.69, 9.17) is 0 Å². The van der Waals surface area contributed by atoms with Gasteiger partial charge in [0.05, 0.1) is 5.56 Å². The van der Waals surface area contributed by atoms with E-state index in [9.17, 15) is 0 Å². The van der Waals surface area contributed by atoms with Crippen molar-refractivity contribution in [3.05, 3.63) is 31.4 Å². The highest BCUT2D eigenvalue weighted by molar-refractivity contribution is 5.54. The molecule has 0 aromatic carbocycles. The van der Waals surface area contributed by atoms with Crippen LogP contribution in [-0.2, 0) is 0 Å². The van der Waals surface area contributed by atoms with Crippen LogP contribution in [0, 0.1) is 0 Å². The van der Waals surface area contributed by atoms with Crippen molar-refractivity contribution in [3.63, 3.8) is 0 Å². The van der Waals surface area contributed by atoms with E-state index in [0.29, 0.717) is 23.3 Å². The van der Waals surface area contributed by atoms with E-state index < -0.39 is 0 Å². The van der Waals surface area contributed by atoms with Gasteiger partial charge in [-0.25, -0.2) is 15.0 Å². The van der Waals surface area contributed by atoms with E-state index in [1.807, 2.05) is 0 Å². The molecule has 0 saturated heterocycles. The second kappa shape index (κ2) is 4.72. The summed E-state index contributed by atoms with van der Waals surface area (Å²) < 4.78 is 1.45. The molecule has 94 valence electrons. The monoisotopic (exact) mass is 255 g/mol. The second-order valence-electron chi connectivity index (χ2n) is 3.50. The van der Waals surface area contributed by atoms with Crippen molar-refractivity contribution < 1.29 is 0 Å². The zero-order valence-electron chi connectivity index (χ0n) is 9.96. The molecule has 0 amide bonds. The molecule has 9 heteroatoms. The summed E-state index contributed by atoms with van der Waals surface area (Å²) in [6.45, 7) is 0. The summed E-state index contributed by atoms with van der Waals surface area (Å²) in [7, 11) is 1.73. The van der Waals surface area contributed by atoms with Gasteiger partial charge in [-0.15, -0.1) is 0 Å². The summed E-state index contributed by atoms with van der Waals surface area (Å²) in [6.07, 6.45) is 7.63. The highest BCUT2D eigenvalue weighted by Gasteiger charge is 2.10. The van der Waals surface area contributed by atoms with E-state index in [0.717, 1.165) is 0 Å². The molecule has 19 heavy (non-hydrogen) atoms. The molecule has 0 unspecified atom stereocenters. The van der Waals surface area contributed by atoms with Gasteiger partial charge in [0.1, 0.15) is 19.0 Å². The first-order chi connectivity index (χ1) is 9.36. The molecule has 3 heterocycles. The molecule has 0 bridgehead atoms. The van der Waals surface area contributed by atoms with E-state index in [1.54, 1.807) is 19.4 Å². The first kappa shape index (κ1) is 11.1. The molecule has 0 fully saturated rings. The van der Waals surface area contributed by atoms with Gasteiger partial charge in [0, 0.05) is 19.4 Å². The van der Waals surface area contributed by atoms with Crippen LogP contribution in [0.3, 0.4) is 0 Å². The normalized spacial score (nSPS) is 10.4. The van der Waals surface area contributed by atoms with Crippen molar-refractivity contribution in [1.82, 2.24) is 39.7 Å². The smallest absolute Gasteiger partial charge is 0.257 e. The summed E-state index contributed by atoms with van der Waals surface area (Å²) in [5.41, 5.74) is 0.697. The Morgan fingerprint density at radius 2 is 1.84 bits per heavy atom. The first-order valence-corrected chi connectivity index (χ1v) is 5.41. The van der Waals surface area contributed by atoms with Gasteiger partial charge in [-0.2, -0.15) is 24.7 Å². The minimum absolute atomic E-state index is 0.371. The van der Waals surface area contributed by atoms with Crippen LogP contribution in [0.4, 0.5) is 5.95 Å². The maximum atomic E-state index is 4.31. The number of hydrogen-bond acceptors (Lipinski definition) is 8. The number of hydrogen-bond donors (Lipinski definition) is 1. The molecule has 0 atom stereocenters. The molecular weight excluding hydrogens is 246 g/mol. The zero-order valence-corrected chi connectivity index (χ0v) is 9.96. The third-order valence-electron chi connectivity index (χ3n) is 2.29. The largest absolute Gasteiger partial charge is 0.357 e. The van der Waals surface area contributed by atoms with Crippen molar-refractivity contribution >= 4 is 5.95 Å². The quantitative estimate of drug-likeness (QED) is 0.694. The molecule has 3 aromatic rings. The lowest BCUT2D eigenvalue weighted by molar-refractivity contribution is 0.798. The summed E-state index contributed by atoms with van der Waals surface area (Å²) in [4.78, 5) is 24.5. The molecule has 0 aliphatic rings. The van der Waals surface area contributed by atoms with Gasteiger partial charge >= 0.3 is 0 Å². The molecule has 3 aromatic heterocycles. The Balaban J connectivity index is 2.13. The molecule has 3 rings (SSSR count). The Kier molecular flexibility index (Phi) is 2.77. The lowest BCUT2D eigenvalue weighted by Gasteiger charge is -2.05. The highest BCUT2D eigenvalue weighted by atomic mass is 15.4. The summed E-state index contributed by atoms with van der Waals surface area (Å²) in [5.74, 6) is 1.26. The number of nitrogens with one attached hydrogen (secondary N) is 1. The predicted octanol–water partition coefficient (Wildman–Crippen LogP) is -0.0490. The van der Waals surface area contributed by atoms with Crippen LogP contribution in [0.25, 0.3) is 17.3 Å². The van der Waals surface area contributed by atoms with Crippen molar-refractivity contribution in [2.75, 3.05) is 12.4 Å². The predicted molar refractivity (Wildman–Crippen MR) is 65.3 cm³/mol. The average Bonchev–Trinajstić information content (AvgIpc) is 3.02. The Hall–Kier alpha value is -2.97. The molecule has 9 nitrogen and oxygen atoms in total. The maximum absolute atomic E-state index is 4.31. The SMILES string of the molecule is CNc1nc(-c2cncnc2)nc(-n2cncn2)n1. The minimum atomic E-state index is 0.371. The zero-order chi connectivity index (χ0) is 13.1. The van der Waals surface area contributed by atoms with Gasteiger partial charge in [-0.05, 0) is 0 Å². The Morgan fingerprint density at radius 3 is 2.53 bits per heavy atom. The molecule has 0 spiro atoms. The standard InChI is InChI=1S/C10H9N9/c1-11-9-16-8(7-2-12-4-13-3-7)17-10(18-9)19-6-14-5-15-19/h2-6H,1H3,(H,11,16,17,18). The van der Waals surface area contributed by atoms with Crippen LogP contribution in [0.1, 0.15) is 0 Å². The number of nitrogens with zero attached hydrogens (tertiary/aromatic N) is 8. The lowest BCUT2D eigenvalue weighted by atomic mass is 10.3. The molecular formula is C10H9N9. The molecule has 0 radical (unpaired) electrons. The van der Waals surface area contributed by atoms with Gasteiger partial charge in [0.25, 0.3) is 5.95 Å². The van der Waals surface area contributed by atoms with Crippen LogP contribution >= 0.6 is 0 Å². The topological polar surface area (TPSA) is 107 Å². The fourth-order valence-corrected chi connectivity index (χ4v) is 1.43. The van der Waals surface area contributed by atoms with E-state index in [2.05, 4.69) is 40.3 Å². The number of aromatic nitrogens is 8. The van der Waals surface area contributed by atoms with Crippen LogP contribution in [0.2, 0.25) is 0 Å². The van der Waals surface area contributed by atoms with E-state index in [1.165, 1.54) is 23.7 Å². The third kappa shape index (κ3) is 2.20. The van der Waals surface area contributed by atoms with Crippen molar-refractivity contribution in [2.24, 2.45) is 0 Å². The fourth-order valence-electron chi connectivity index (χ4n) is 1.43. The van der Waals surface area contributed by atoms with Crippen LogP contribution in [-0.4, -0.2) is 46.7 Å². The molecule has 0 aliphatic heterocycles. The van der Waals surface area contributed by atoms with Crippen molar-refractivity contribution in [1.29, 1.82) is 0 Å². The Bertz CT molecular complexity index is 665. The van der Waals surface area contributed by atoms with Crippen LogP contribution in [0.15, 0.2) is 31.4 Å². The van der Waals surface area contributed by atoms with Crippen LogP contribution < -0.4 is 5.32 Å². The van der Waals surface area contributed by atoms with Gasteiger partial charge < -0.3 is 5.32 Å². The summed E-state index contributed by atoms with van der Waals surface area (Å²) in [5, 5.41) is 6.87. The van der Waals surface area contributed by atoms with Crippen molar-refractivity contribution in [3.8, 4) is 17.3 Å². The maximum Gasteiger partial charge on any atom is 0.257 e. The highest BCUT2D eigenvalue weighted by Crippen LogP contribution is 2.14. The van der Waals surface area contributed by atoms with Gasteiger partial charge in [0.15, 0.2) is 5.82 Å². The van der Waals surface area contributed by atoms with E-state index in [-0.39, 0.29) is 0 Å².